The number of rotatable bonds is 3. The summed E-state index contributed by atoms with van der Waals surface area (Å²) in [5.74, 6) is 0. The van der Waals surface area contributed by atoms with Crippen molar-refractivity contribution in [1.29, 1.82) is 0 Å². The van der Waals surface area contributed by atoms with E-state index in [0.29, 0.717) is 12.2 Å². The molecule has 0 spiro atoms. The van der Waals surface area contributed by atoms with Crippen LogP contribution in [-0.2, 0) is 11.3 Å². The lowest BCUT2D eigenvalue weighted by Crippen LogP contribution is -2.30. The minimum absolute atomic E-state index is 0.0270. The maximum atomic E-state index is 11.9. The lowest BCUT2D eigenvalue weighted by Gasteiger charge is -2.23. The third kappa shape index (κ3) is 2.44. The van der Waals surface area contributed by atoms with Gasteiger partial charge in [0.25, 0.3) is 5.56 Å². The zero-order valence-corrected chi connectivity index (χ0v) is 9.61. The van der Waals surface area contributed by atoms with Crippen LogP contribution in [-0.4, -0.2) is 24.3 Å². The third-order valence-corrected chi connectivity index (χ3v) is 2.96. The normalized spacial score (nSPS) is 20.7. The van der Waals surface area contributed by atoms with E-state index < -0.39 is 0 Å². The maximum Gasteiger partial charge on any atom is 0.273 e. The molecule has 1 fully saturated rings. The highest BCUT2D eigenvalue weighted by atomic mass is 16.5. The summed E-state index contributed by atoms with van der Waals surface area (Å²) in [7, 11) is 1.76. The summed E-state index contributed by atoms with van der Waals surface area (Å²) in [6, 6.07) is 3.68. The minimum atomic E-state index is 0.0270. The molecule has 1 aliphatic rings. The second kappa shape index (κ2) is 5.16. The summed E-state index contributed by atoms with van der Waals surface area (Å²) in [5.41, 5.74) is 0.664. The average Bonchev–Trinajstić information content (AvgIpc) is 2.33. The largest absolute Gasteiger partial charge is 0.384 e. The summed E-state index contributed by atoms with van der Waals surface area (Å²) >= 11 is 0. The Labute approximate surface area is 95.2 Å². The number of hydrogen-bond acceptors (Lipinski definition) is 3. The maximum absolute atomic E-state index is 11.9. The van der Waals surface area contributed by atoms with Gasteiger partial charge in [0, 0.05) is 19.9 Å². The van der Waals surface area contributed by atoms with Crippen molar-refractivity contribution >= 4 is 5.69 Å². The van der Waals surface area contributed by atoms with Crippen molar-refractivity contribution in [3.63, 3.8) is 0 Å². The Hall–Kier alpha value is -1.29. The van der Waals surface area contributed by atoms with E-state index in [1.807, 2.05) is 12.3 Å². The second-order valence-electron chi connectivity index (χ2n) is 4.12. The van der Waals surface area contributed by atoms with Crippen LogP contribution in [0.3, 0.4) is 0 Å². The van der Waals surface area contributed by atoms with Crippen LogP contribution in [0.25, 0.3) is 0 Å². The first-order chi connectivity index (χ1) is 7.81. The number of ether oxygens (including phenoxy) is 1. The molecule has 4 heteroatoms. The van der Waals surface area contributed by atoms with Gasteiger partial charge in [-0.3, -0.25) is 4.79 Å². The summed E-state index contributed by atoms with van der Waals surface area (Å²) in [6.45, 7) is 1.49. The Bertz CT molecular complexity index is 394. The first-order valence-corrected chi connectivity index (χ1v) is 5.80. The highest BCUT2D eigenvalue weighted by molar-refractivity contribution is 5.39. The summed E-state index contributed by atoms with van der Waals surface area (Å²) < 4.78 is 7.35. The van der Waals surface area contributed by atoms with Crippen LogP contribution in [0, 0.1) is 0 Å². The van der Waals surface area contributed by atoms with E-state index in [1.165, 1.54) is 6.42 Å². The van der Waals surface area contributed by atoms with E-state index in [9.17, 15) is 4.79 Å². The van der Waals surface area contributed by atoms with Crippen molar-refractivity contribution in [3.8, 4) is 0 Å². The Balaban J connectivity index is 2.11. The fraction of sp³-hybridized carbons (Fsp3) is 0.583. The Morgan fingerprint density at radius 1 is 1.56 bits per heavy atom. The van der Waals surface area contributed by atoms with E-state index in [-0.39, 0.29) is 11.7 Å². The molecular weight excluding hydrogens is 204 g/mol. The molecule has 4 nitrogen and oxygen atoms in total. The molecule has 0 saturated carbocycles. The molecule has 0 aromatic carbocycles. The summed E-state index contributed by atoms with van der Waals surface area (Å²) in [4.78, 5) is 11.9. The van der Waals surface area contributed by atoms with Gasteiger partial charge < -0.3 is 14.6 Å². The minimum Gasteiger partial charge on any atom is -0.384 e. The highest BCUT2D eigenvalue weighted by Gasteiger charge is 2.15. The van der Waals surface area contributed by atoms with Gasteiger partial charge >= 0.3 is 0 Å². The molecular formula is C12H18N2O2. The lowest BCUT2D eigenvalue weighted by atomic mass is 10.1. The monoisotopic (exact) mass is 222 g/mol. The standard InChI is InChI=1S/C12H18N2O2/c1-13-11-6-4-7-14(12(11)15)9-10-5-2-3-8-16-10/h4,6-7,10,13H,2-3,5,8-9H2,1H3/t10-/m1/s1. The first kappa shape index (κ1) is 11.2. The van der Waals surface area contributed by atoms with E-state index in [0.717, 1.165) is 19.4 Å². The Kier molecular flexibility index (Phi) is 3.62. The predicted octanol–water partition coefficient (Wildman–Crippen LogP) is 1.46. The molecule has 1 atom stereocenters. The quantitative estimate of drug-likeness (QED) is 0.842. The molecule has 0 unspecified atom stereocenters. The lowest BCUT2D eigenvalue weighted by molar-refractivity contribution is 0.00546. The molecule has 1 saturated heterocycles. The van der Waals surface area contributed by atoms with Gasteiger partial charge in [-0.1, -0.05) is 0 Å². The van der Waals surface area contributed by atoms with E-state index >= 15 is 0 Å². The molecule has 2 rings (SSSR count). The van der Waals surface area contributed by atoms with Gasteiger partial charge in [-0.25, -0.2) is 0 Å². The zero-order chi connectivity index (χ0) is 11.4. The number of nitrogens with zero attached hydrogens (tertiary/aromatic N) is 1. The molecule has 2 heterocycles. The van der Waals surface area contributed by atoms with Crippen LogP contribution in [0.4, 0.5) is 5.69 Å². The van der Waals surface area contributed by atoms with Crippen molar-refractivity contribution in [2.45, 2.75) is 31.9 Å². The summed E-state index contributed by atoms with van der Waals surface area (Å²) in [5, 5.41) is 2.90. The molecule has 1 aromatic heterocycles. The van der Waals surface area contributed by atoms with Gasteiger partial charge in [0.1, 0.15) is 5.69 Å². The summed E-state index contributed by atoms with van der Waals surface area (Å²) in [6.07, 6.45) is 5.41. The van der Waals surface area contributed by atoms with Gasteiger partial charge in [-0.05, 0) is 31.4 Å². The van der Waals surface area contributed by atoms with Crippen molar-refractivity contribution in [2.75, 3.05) is 19.0 Å². The smallest absolute Gasteiger partial charge is 0.273 e. The molecule has 1 aromatic rings. The number of hydrogen-bond donors (Lipinski definition) is 1. The first-order valence-electron chi connectivity index (χ1n) is 5.80. The van der Waals surface area contributed by atoms with Gasteiger partial charge in [-0.15, -0.1) is 0 Å². The van der Waals surface area contributed by atoms with Gasteiger partial charge in [0.15, 0.2) is 0 Å². The molecule has 0 bridgehead atoms. The number of nitrogens with one attached hydrogen (secondary N) is 1. The highest BCUT2D eigenvalue weighted by Crippen LogP contribution is 2.13. The predicted molar refractivity (Wildman–Crippen MR) is 63.8 cm³/mol. The van der Waals surface area contributed by atoms with Crippen LogP contribution >= 0.6 is 0 Å². The van der Waals surface area contributed by atoms with Crippen LogP contribution in [0.5, 0.6) is 0 Å². The van der Waals surface area contributed by atoms with Gasteiger partial charge in [0.2, 0.25) is 0 Å². The third-order valence-electron chi connectivity index (χ3n) is 2.96. The van der Waals surface area contributed by atoms with E-state index in [2.05, 4.69) is 5.32 Å². The SMILES string of the molecule is CNc1cccn(C[C@H]2CCCCO2)c1=O. The fourth-order valence-electron chi connectivity index (χ4n) is 2.04. The Morgan fingerprint density at radius 3 is 3.12 bits per heavy atom. The van der Waals surface area contributed by atoms with Crippen molar-refractivity contribution in [2.24, 2.45) is 0 Å². The number of pyridine rings is 1. The van der Waals surface area contributed by atoms with Gasteiger partial charge in [0.05, 0.1) is 12.6 Å². The van der Waals surface area contributed by atoms with Crippen molar-refractivity contribution < 1.29 is 4.74 Å². The van der Waals surface area contributed by atoms with Crippen molar-refractivity contribution in [3.05, 3.63) is 28.7 Å². The van der Waals surface area contributed by atoms with E-state index in [1.54, 1.807) is 17.7 Å². The van der Waals surface area contributed by atoms with Crippen LogP contribution in [0.1, 0.15) is 19.3 Å². The molecule has 16 heavy (non-hydrogen) atoms. The molecule has 0 aliphatic carbocycles. The Morgan fingerprint density at radius 2 is 2.44 bits per heavy atom. The van der Waals surface area contributed by atoms with Crippen LogP contribution in [0.15, 0.2) is 23.1 Å². The topological polar surface area (TPSA) is 43.3 Å². The molecule has 1 aliphatic heterocycles. The number of aromatic nitrogens is 1. The fourth-order valence-corrected chi connectivity index (χ4v) is 2.04. The average molecular weight is 222 g/mol. The second-order valence-corrected chi connectivity index (χ2v) is 4.12. The molecule has 88 valence electrons. The van der Waals surface area contributed by atoms with E-state index in [4.69, 9.17) is 4.74 Å². The van der Waals surface area contributed by atoms with Gasteiger partial charge in [-0.2, -0.15) is 0 Å². The van der Waals surface area contributed by atoms with Crippen molar-refractivity contribution in [1.82, 2.24) is 4.57 Å². The number of anilines is 1. The van der Waals surface area contributed by atoms with Crippen LogP contribution < -0.4 is 10.9 Å². The van der Waals surface area contributed by atoms with Crippen LogP contribution in [0.2, 0.25) is 0 Å². The molecule has 1 N–H and O–H groups in total. The molecule has 0 amide bonds. The molecule has 0 radical (unpaired) electrons. The zero-order valence-electron chi connectivity index (χ0n) is 9.61.